The molecule has 2 aromatic rings. The first-order valence-electron chi connectivity index (χ1n) is 6.35. The molecule has 0 radical (unpaired) electrons. The van der Waals surface area contributed by atoms with Crippen LogP contribution in [0.1, 0.15) is 0 Å². The number of benzene rings is 1. The average Bonchev–Trinajstić information content (AvgIpc) is 2.73. The molecule has 0 fully saturated rings. The molecule has 0 unspecified atom stereocenters. The molecule has 0 atom stereocenters. The first-order chi connectivity index (χ1) is 10.3. The largest absolute Gasteiger partial charge is 0.420 e. The third-order valence-electron chi connectivity index (χ3n) is 2.94. The Kier molecular flexibility index (Phi) is 4.39. The number of hydrogen-bond acceptors (Lipinski definition) is 3. The number of oxazole rings is 1. The number of halogens is 3. The zero-order valence-electron chi connectivity index (χ0n) is 11.5. The van der Waals surface area contributed by atoms with Crippen LogP contribution in [0.15, 0.2) is 46.1 Å². The van der Waals surface area contributed by atoms with Crippen LogP contribution >= 0.6 is 0 Å². The number of hydrogen-bond donors (Lipinski definition) is 0. The quantitative estimate of drug-likeness (QED) is 0.795. The summed E-state index contributed by atoms with van der Waals surface area (Å²) >= 11 is 0. The molecule has 0 bridgehead atoms. The second kappa shape index (κ2) is 6.08. The molecular formula is C14H13F3N2O3. The summed E-state index contributed by atoms with van der Waals surface area (Å²) in [7, 11) is 0. The monoisotopic (exact) mass is 314 g/mol. The molecule has 2 rings (SSSR count). The number of nitrogens with zero attached hydrogens (tertiary/aromatic N) is 2. The van der Waals surface area contributed by atoms with Crippen LogP contribution in [0, 0.1) is 0 Å². The number of aromatic nitrogens is 1. The molecule has 0 aliphatic rings. The van der Waals surface area contributed by atoms with E-state index in [0.29, 0.717) is 10.4 Å². The highest BCUT2D eigenvalue weighted by molar-refractivity contribution is 5.79. The summed E-state index contributed by atoms with van der Waals surface area (Å²) in [5, 5.41) is 0. The highest BCUT2D eigenvalue weighted by Gasteiger charge is 2.32. The van der Waals surface area contributed by atoms with E-state index in [1.807, 2.05) is 0 Å². The van der Waals surface area contributed by atoms with E-state index >= 15 is 0 Å². The van der Waals surface area contributed by atoms with Gasteiger partial charge in [-0.3, -0.25) is 9.36 Å². The third kappa shape index (κ3) is 3.57. The van der Waals surface area contributed by atoms with Gasteiger partial charge >= 0.3 is 11.9 Å². The van der Waals surface area contributed by atoms with E-state index in [1.54, 1.807) is 18.2 Å². The van der Waals surface area contributed by atoms with Crippen molar-refractivity contribution in [2.24, 2.45) is 0 Å². The van der Waals surface area contributed by atoms with Gasteiger partial charge in [0.05, 0.1) is 5.52 Å². The zero-order chi connectivity index (χ0) is 16.3. The van der Waals surface area contributed by atoms with E-state index < -0.39 is 30.9 Å². The van der Waals surface area contributed by atoms with Crippen LogP contribution in [-0.4, -0.2) is 34.6 Å². The van der Waals surface area contributed by atoms with E-state index in [9.17, 15) is 22.8 Å². The minimum absolute atomic E-state index is 0.261. The van der Waals surface area contributed by atoms with Crippen LogP contribution in [0.2, 0.25) is 0 Å². The summed E-state index contributed by atoms with van der Waals surface area (Å²) in [6.07, 6.45) is -3.33. The van der Waals surface area contributed by atoms with Crippen LogP contribution < -0.4 is 5.76 Å². The summed E-state index contributed by atoms with van der Waals surface area (Å²) in [5.74, 6) is -1.63. The van der Waals surface area contributed by atoms with Crippen molar-refractivity contribution in [3.05, 3.63) is 47.5 Å². The fraction of sp³-hybridized carbons (Fsp3) is 0.286. The second-order valence-electron chi connectivity index (χ2n) is 4.60. The fourth-order valence-corrected chi connectivity index (χ4v) is 2.03. The predicted molar refractivity (Wildman–Crippen MR) is 73.3 cm³/mol. The van der Waals surface area contributed by atoms with Crippen LogP contribution in [-0.2, 0) is 11.3 Å². The van der Waals surface area contributed by atoms with Crippen molar-refractivity contribution in [1.29, 1.82) is 0 Å². The smallest absolute Gasteiger partial charge is 0.408 e. The molecule has 5 nitrogen and oxygen atoms in total. The Bertz CT molecular complexity index is 746. The predicted octanol–water partition coefficient (Wildman–Crippen LogP) is 2.17. The molecule has 0 spiro atoms. The number of para-hydroxylation sites is 2. The molecule has 118 valence electrons. The molecular weight excluding hydrogens is 301 g/mol. The Morgan fingerprint density at radius 2 is 2.05 bits per heavy atom. The van der Waals surface area contributed by atoms with E-state index in [2.05, 4.69) is 6.58 Å². The number of carbonyl (C=O) groups is 1. The Labute approximate surface area is 123 Å². The summed E-state index contributed by atoms with van der Waals surface area (Å²) in [5.41, 5.74) is 0.623. The first kappa shape index (κ1) is 15.9. The van der Waals surface area contributed by atoms with Gasteiger partial charge in [-0.1, -0.05) is 18.2 Å². The van der Waals surface area contributed by atoms with Crippen LogP contribution in [0.5, 0.6) is 0 Å². The Hall–Kier alpha value is -2.51. The molecule has 1 heterocycles. The summed E-state index contributed by atoms with van der Waals surface area (Å²) in [6.45, 7) is 1.14. The number of alkyl halides is 3. The maximum Gasteiger partial charge on any atom is 0.420 e. The minimum Gasteiger partial charge on any atom is -0.408 e. The number of carbonyl (C=O) groups excluding carboxylic acids is 1. The van der Waals surface area contributed by atoms with Gasteiger partial charge in [-0.25, -0.2) is 4.79 Å². The van der Waals surface area contributed by atoms with Gasteiger partial charge in [0, 0.05) is 6.54 Å². The summed E-state index contributed by atoms with van der Waals surface area (Å²) < 4.78 is 43.4. The molecule has 8 heteroatoms. The van der Waals surface area contributed by atoms with Gasteiger partial charge in [-0.15, -0.1) is 6.58 Å². The first-order valence-corrected chi connectivity index (χ1v) is 6.35. The topological polar surface area (TPSA) is 55.5 Å². The van der Waals surface area contributed by atoms with Gasteiger partial charge in [0.25, 0.3) is 0 Å². The fourth-order valence-electron chi connectivity index (χ4n) is 2.03. The molecule has 0 aliphatic carbocycles. The van der Waals surface area contributed by atoms with Crippen molar-refractivity contribution in [1.82, 2.24) is 9.47 Å². The van der Waals surface area contributed by atoms with Crippen molar-refractivity contribution < 1.29 is 22.4 Å². The summed E-state index contributed by atoms with van der Waals surface area (Å²) in [4.78, 5) is 24.4. The van der Waals surface area contributed by atoms with E-state index in [4.69, 9.17) is 4.42 Å². The van der Waals surface area contributed by atoms with Gasteiger partial charge in [0.2, 0.25) is 5.91 Å². The van der Waals surface area contributed by atoms with Crippen LogP contribution in [0.3, 0.4) is 0 Å². The highest BCUT2D eigenvalue weighted by atomic mass is 19.4. The van der Waals surface area contributed by atoms with Crippen molar-refractivity contribution in [2.45, 2.75) is 12.7 Å². The van der Waals surface area contributed by atoms with Crippen molar-refractivity contribution >= 4 is 17.0 Å². The Morgan fingerprint density at radius 1 is 1.36 bits per heavy atom. The lowest BCUT2D eigenvalue weighted by Crippen LogP contribution is -2.41. The van der Waals surface area contributed by atoms with Gasteiger partial charge in [-0.2, -0.15) is 13.2 Å². The lowest BCUT2D eigenvalue weighted by molar-refractivity contribution is -0.160. The lowest BCUT2D eigenvalue weighted by atomic mass is 10.3. The minimum atomic E-state index is -4.53. The SMILES string of the molecule is C=CCN(CC(F)(F)F)C(=O)Cn1c(=O)oc2ccccc21. The maximum atomic E-state index is 12.5. The van der Waals surface area contributed by atoms with Crippen LogP contribution in [0.25, 0.3) is 11.1 Å². The Morgan fingerprint density at radius 3 is 2.68 bits per heavy atom. The van der Waals surface area contributed by atoms with E-state index in [1.165, 1.54) is 12.1 Å². The molecule has 1 amide bonds. The normalized spacial score (nSPS) is 11.6. The number of amides is 1. The number of fused-ring (bicyclic) bond motifs is 1. The standard InChI is InChI=1S/C14H13F3N2O3/c1-2-7-18(9-14(15,16)17)12(20)8-19-10-5-3-4-6-11(10)22-13(19)21/h2-6H,1,7-9H2. The van der Waals surface area contributed by atoms with Gasteiger partial charge in [0.15, 0.2) is 5.58 Å². The lowest BCUT2D eigenvalue weighted by Gasteiger charge is -2.22. The molecule has 22 heavy (non-hydrogen) atoms. The molecule has 0 saturated heterocycles. The number of rotatable bonds is 5. The van der Waals surface area contributed by atoms with E-state index in [0.717, 1.165) is 4.57 Å². The van der Waals surface area contributed by atoms with Crippen LogP contribution in [0.4, 0.5) is 13.2 Å². The third-order valence-corrected chi connectivity index (χ3v) is 2.94. The highest BCUT2D eigenvalue weighted by Crippen LogP contribution is 2.17. The second-order valence-corrected chi connectivity index (χ2v) is 4.60. The Balaban J connectivity index is 2.26. The molecule has 0 N–H and O–H groups in total. The van der Waals surface area contributed by atoms with Gasteiger partial charge in [-0.05, 0) is 12.1 Å². The maximum absolute atomic E-state index is 12.5. The molecule has 0 saturated carbocycles. The molecule has 1 aromatic heterocycles. The van der Waals surface area contributed by atoms with E-state index in [-0.39, 0.29) is 12.1 Å². The molecule has 1 aromatic carbocycles. The van der Waals surface area contributed by atoms with Crippen molar-refractivity contribution in [3.8, 4) is 0 Å². The van der Waals surface area contributed by atoms with Gasteiger partial charge < -0.3 is 9.32 Å². The van der Waals surface area contributed by atoms with Crippen molar-refractivity contribution in [3.63, 3.8) is 0 Å². The average molecular weight is 314 g/mol. The molecule has 0 aliphatic heterocycles. The van der Waals surface area contributed by atoms with Gasteiger partial charge in [0.1, 0.15) is 13.1 Å². The zero-order valence-corrected chi connectivity index (χ0v) is 11.5. The summed E-state index contributed by atoms with van der Waals surface area (Å²) in [6, 6.07) is 6.37. The van der Waals surface area contributed by atoms with Crippen molar-refractivity contribution in [2.75, 3.05) is 13.1 Å².